The van der Waals surface area contributed by atoms with Crippen LogP contribution in [0.2, 0.25) is 0 Å². The van der Waals surface area contributed by atoms with Crippen molar-refractivity contribution in [3.8, 4) is 6.07 Å². The number of hydrogen-bond donors (Lipinski definition) is 2. The lowest BCUT2D eigenvalue weighted by Gasteiger charge is -2.36. The third-order valence-corrected chi connectivity index (χ3v) is 7.76. The molecule has 3 N–H and O–H groups in total. The van der Waals surface area contributed by atoms with Gasteiger partial charge in [0.15, 0.2) is 17.1 Å². The van der Waals surface area contributed by atoms with Crippen LogP contribution in [0.3, 0.4) is 0 Å². The number of halogens is 1. The molecular formula is C23H29FN5O12P. The first-order valence-electron chi connectivity index (χ1n) is 12.4. The third kappa shape index (κ3) is 5.35. The maximum Gasteiger partial charge on any atom is 0.510 e. The molecule has 5 atom stereocenters. The number of nitrogens with two attached hydrogens (primary N) is 1. The lowest BCUT2D eigenvalue weighted by Crippen LogP contribution is -2.54. The number of nitrogen functional groups attached to an aromatic ring is 1. The molecule has 0 aromatic carbocycles. The molecule has 0 spiro atoms. The highest BCUT2D eigenvalue weighted by Gasteiger charge is 2.90. The van der Waals surface area contributed by atoms with Gasteiger partial charge < -0.3 is 34.5 Å². The molecule has 2 fully saturated rings. The number of aromatic nitrogens is 3. The summed E-state index contributed by atoms with van der Waals surface area (Å²) >= 11 is 0. The van der Waals surface area contributed by atoms with Gasteiger partial charge in [0.1, 0.15) is 30.1 Å². The van der Waals surface area contributed by atoms with Gasteiger partial charge in [0.2, 0.25) is 19.2 Å². The number of phosphoric acid groups is 1. The van der Waals surface area contributed by atoms with Crippen LogP contribution in [0.25, 0.3) is 5.52 Å². The molecule has 3 heterocycles. The van der Waals surface area contributed by atoms with Gasteiger partial charge in [0.25, 0.3) is 0 Å². The van der Waals surface area contributed by atoms with Crippen molar-refractivity contribution >= 4 is 31.5 Å². The van der Waals surface area contributed by atoms with Crippen LogP contribution >= 0.6 is 7.82 Å². The molecule has 42 heavy (non-hydrogen) atoms. The lowest BCUT2D eigenvalue weighted by molar-refractivity contribution is -0.129. The molecule has 0 bridgehead atoms. The fraction of sp³-hybridized carbons (Fsp3) is 0.609. The molecule has 17 nitrogen and oxygen atoms in total. The molecular weight excluding hydrogens is 588 g/mol. The van der Waals surface area contributed by atoms with Crippen LogP contribution < -0.4 is 5.73 Å². The van der Waals surface area contributed by atoms with Crippen molar-refractivity contribution < 1.29 is 60.9 Å². The number of carbonyl (C=O) groups is 2. The largest absolute Gasteiger partial charge is 0.510 e. The molecule has 19 heteroatoms. The number of rotatable bonds is 11. The van der Waals surface area contributed by atoms with Crippen molar-refractivity contribution in [2.45, 2.75) is 75.9 Å². The summed E-state index contributed by atoms with van der Waals surface area (Å²) in [6.07, 6.45) is -5.66. The Morgan fingerprint density at radius 2 is 1.76 bits per heavy atom. The van der Waals surface area contributed by atoms with E-state index in [4.69, 9.17) is 33.5 Å². The Bertz CT molecular complexity index is 1410. The molecule has 1 saturated heterocycles. The first-order chi connectivity index (χ1) is 19.6. The Balaban J connectivity index is 1.53. The van der Waals surface area contributed by atoms with E-state index in [2.05, 4.69) is 19.6 Å². The number of hydrogen-bond acceptors (Lipinski definition) is 16. The van der Waals surface area contributed by atoms with Crippen LogP contribution in [-0.2, 0) is 47.4 Å². The normalized spacial score (nSPS) is 28.4. The Kier molecular flexibility index (Phi) is 8.39. The number of aliphatic hydroxyl groups is 1. The average molecular weight is 617 g/mol. The predicted octanol–water partition coefficient (Wildman–Crippen LogP) is 2.47. The molecule has 2 aliphatic rings. The van der Waals surface area contributed by atoms with Crippen molar-refractivity contribution in [2.24, 2.45) is 0 Å². The molecule has 4 rings (SSSR count). The van der Waals surface area contributed by atoms with Gasteiger partial charge in [-0.05, 0) is 46.8 Å². The van der Waals surface area contributed by atoms with E-state index in [1.165, 1.54) is 12.1 Å². The van der Waals surface area contributed by atoms with Gasteiger partial charge in [-0.1, -0.05) is 0 Å². The highest BCUT2D eigenvalue weighted by molar-refractivity contribution is 7.48. The Hall–Kier alpha value is -3.59. The van der Waals surface area contributed by atoms with E-state index >= 15 is 4.39 Å². The summed E-state index contributed by atoms with van der Waals surface area (Å²) < 4.78 is 71.0. The SMILES string of the molecule is CC(C)OC(=O)OCOP(=O)(OCOC(=O)OC(C)C)OC1C2OC(C#N)(c3ccc4c(N)ncnn34)C(C)(F)C21O. The number of carbonyl (C=O) groups excluding carboxylic acids is 2. The van der Waals surface area contributed by atoms with Gasteiger partial charge in [-0.3, -0.25) is 4.52 Å². The fourth-order valence-corrected chi connectivity index (χ4v) is 5.51. The minimum atomic E-state index is -4.90. The zero-order valence-corrected chi connectivity index (χ0v) is 24.0. The zero-order valence-electron chi connectivity index (χ0n) is 23.1. The quantitative estimate of drug-likeness (QED) is 0.210. The summed E-state index contributed by atoms with van der Waals surface area (Å²) in [5, 5.41) is 25.5. The van der Waals surface area contributed by atoms with Gasteiger partial charge in [-0.15, -0.1) is 0 Å². The van der Waals surface area contributed by atoms with E-state index in [0.717, 1.165) is 17.8 Å². The second kappa shape index (κ2) is 11.2. The van der Waals surface area contributed by atoms with Crippen LogP contribution in [0, 0.1) is 11.3 Å². The number of nitriles is 1. The van der Waals surface area contributed by atoms with E-state index in [0.29, 0.717) is 0 Å². The molecule has 2 aromatic rings. The first kappa shape index (κ1) is 31.3. The Labute approximate surface area is 238 Å². The highest BCUT2D eigenvalue weighted by atomic mass is 31.2. The van der Waals surface area contributed by atoms with E-state index in [1.807, 2.05) is 0 Å². The standard InChI is InChI=1S/C23H29FN5O12P/c1-12(2)38-19(30)34-10-36-42(33,37-11-35-20(31)39-13(3)4)41-17-16-23(17,32)21(5,24)22(8-25,40-16)15-7-6-14-18(26)27-9-28-29(14)15/h6-7,9,12-13,16-17,32H,10-11H2,1-5H3,(H2,26,27,28). The van der Waals surface area contributed by atoms with Gasteiger partial charge >= 0.3 is 20.1 Å². The minimum absolute atomic E-state index is 0.0437. The first-order valence-corrected chi connectivity index (χ1v) is 13.9. The molecule has 2 aromatic heterocycles. The number of anilines is 1. The molecule has 1 aliphatic heterocycles. The minimum Gasteiger partial charge on any atom is -0.432 e. The molecule has 1 aliphatic carbocycles. The zero-order chi connectivity index (χ0) is 31.1. The van der Waals surface area contributed by atoms with Crippen molar-refractivity contribution in [3.63, 3.8) is 0 Å². The van der Waals surface area contributed by atoms with Crippen molar-refractivity contribution in [3.05, 3.63) is 24.2 Å². The predicted molar refractivity (Wildman–Crippen MR) is 134 cm³/mol. The van der Waals surface area contributed by atoms with Gasteiger partial charge in [0.05, 0.1) is 17.9 Å². The summed E-state index contributed by atoms with van der Waals surface area (Å²) in [6, 6.07) is 4.54. The summed E-state index contributed by atoms with van der Waals surface area (Å²) in [5.41, 5.74) is -1.93. The molecule has 0 amide bonds. The highest BCUT2D eigenvalue weighted by Crippen LogP contribution is 2.69. The second-order valence-electron chi connectivity index (χ2n) is 9.91. The van der Waals surface area contributed by atoms with Crippen LogP contribution in [-0.4, -0.2) is 81.3 Å². The summed E-state index contributed by atoms with van der Waals surface area (Å²) in [6.45, 7) is 5.01. The third-order valence-electron chi connectivity index (χ3n) is 6.43. The van der Waals surface area contributed by atoms with E-state index in [9.17, 15) is 24.5 Å². The molecule has 0 radical (unpaired) electrons. The maximum absolute atomic E-state index is 16.6. The maximum atomic E-state index is 16.6. The van der Waals surface area contributed by atoms with Gasteiger partial charge in [-0.25, -0.2) is 37.1 Å². The fourth-order valence-electron chi connectivity index (χ4n) is 4.40. The van der Waals surface area contributed by atoms with Crippen molar-refractivity contribution in [1.29, 1.82) is 5.26 Å². The average Bonchev–Trinajstić information content (AvgIpc) is 3.16. The van der Waals surface area contributed by atoms with Crippen LogP contribution in [0.1, 0.15) is 40.3 Å². The van der Waals surface area contributed by atoms with Crippen LogP contribution in [0.15, 0.2) is 18.5 Å². The Morgan fingerprint density at radius 1 is 1.19 bits per heavy atom. The van der Waals surface area contributed by atoms with Gasteiger partial charge in [-0.2, -0.15) is 10.4 Å². The number of fused-ring (bicyclic) bond motifs is 2. The van der Waals surface area contributed by atoms with Gasteiger partial charge in [0, 0.05) is 0 Å². The molecule has 1 saturated carbocycles. The van der Waals surface area contributed by atoms with E-state index in [1.54, 1.807) is 33.8 Å². The number of nitrogens with zero attached hydrogens (tertiary/aromatic N) is 4. The smallest absolute Gasteiger partial charge is 0.432 e. The number of ether oxygens (including phenoxy) is 5. The van der Waals surface area contributed by atoms with Crippen LogP contribution in [0.5, 0.6) is 0 Å². The number of alkyl halides is 1. The van der Waals surface area contributed by atoms with E-state index < -0.39 is 75.0 Å². The Morgan fingerprint density at radius 3 is 2.24 bits per heavy atom. The molecule has 230 valence electrons. The van der Waals surface area contributed by atoms with Crippen molar-refractivity contribution in [2.75, 3.05) is 19.3 Å². The monoisotopic (exact) mass is 617 g/mol. The summed E-state index contributed by atoms with van der Waals surface area (Å²) in [4.78, 5) is 27.2. The second-order valence-corrected chi connectivity index (χ2v) is 11.5. The topological polar surface area (TPSA) is 225 Å². The number of phosphoric ester groups is 1. The summed E-state index contributed by atoms with van der Waals surface area (Å²) in [7, 11) is -4.90. The lowest BCUT2D eigenvalue weighted by atomic mass is 9.80. The van der Waals surface area contributed by atoms with Crippen molar-refractivity contribution in [1.82, 2.24) is 14.6 Å². The molecule has 5 unspecified atom stereocenters. The van der Waals surface area contributed by atoms with Crippen LogP contribution in [0.4, 0.5) is 19.8 Å². The summed E-state index contributed by atoms with van der Waals surface area (Å²) in [5.74, 6) is 0.0437. The van der Waals surface area contributed by atoms with E-state index in [-0.39, 0.29) is 17.0 Å².